The highest BCUT2D eigenvalue weighted by molar-refractivity contribution is 5.88. The number of hydrogen-bond acceptors (Lipinski definition) is 3. The van der Waals surface area contributed by atoms with Crippen LogP contribution in [0.4, 0.5) is 10.1 Å². The molecule has 1 aromatic heterocycles. The van der Waals surface area contributed by atoms with Crippen molar-refractivity contribution >= 4 is 11.7 Å². The van der Waals surface area contributed by atoms with Gasteiger partial charge in [-0.25, -0.2) is 9.18 Å². The summed E-state index contributed by atoms with van der Waals surface area (Å²) in [5.74, 6) is -1.99. The number of carboxylic acid groups (broad SMARTS) is 1. The molecule has 0 aliphatic carbocycles. The Morgan fingerprint density at radius 3 is 2.95 bits per heavy atom. The first-order valence-corrected chi connectivity index (χ1v) is 5.91. The molecule has 0 fully saturated rings. The van der Waals surface area contributed by atoms with Gasteiger partial charge in [0.15, 0.2) is 0 Å². The van der Waals surface area contributed by atoms with Crippen molar-refractivity contribution in [2.24, 2.45) is 0 Å². The van der Waals surface area contributed by atoms with Gasteiger partial charge in [-0.2, -0.15) is 5.10 Å². The second-order valence-corrected chi connectivity index (χ2v) is 4.05. The van der Waals surface area contributed by atoms with Gasteiger partial charge in [-0.15, -0.1) is 0 Å². The molecule has 0 radical (unpaired) electrons. The van der Waals surface area contributed by atoms with Gasteiger partial charge < -0.3 is 10.4 Å². The predicted octanol–water partition coefficient (Wildman–Crippen LogP) is 2.22. The number of hydrogen-bond donors (Lipinski definition) is 2. The molecular formula is C13H14FN3O2. The Kier molecular flexibility index (Phi) is 4.12. The minimum Gasteiger partial charge on any atom is -0.478 e. The number of nitrogens with one attached hydrogen (secondary N) is 1. The molecule has 0 saturated carbocycles. The molecule has 6 heteroatoms. The Labute approximate surface area is 109 Å². The van der Waals surface area contributed by atoms with Crippen molar-refractivity contribution in [1.82, 2.24) is 9.78 Å². The van der Waals surface area contributed by atoms with Crippen molar-refractivity contribution in [3.05, 3.63) is 48.0 Å². The number of aromatic carboxylic acids is 1. The van der Waals surface area contributed by atoms with Gasteiger partial charge in [-0.3, -0.25) is 4.68 Å². The Balaban J connectivity index is 1.83. The zero-order chi connectivity index (χ0) is 13.7. The fourth-order valence-electron chi connectivity index (χ4n) is 1.71. The molecule has 0 saturated heterocycles. The molecule has 1 aromatic carbocycles. The van der Waals surface area contributed by atoms with Crippen LogP contribution in [0.25, 0.3) is 0 Å². The van der Waals surface area contributed by atoms with Crippen LogP contribution < -0.4 is 5.32 Å². The van der Waals surface area contributed by atoms with Crippen LogP contribution in [0.1, 0.15) is 16.8 Å². The maximum Gasteiger partial charge on any atom is 0.338 e. The summed E-state index contributed by atoms with van der Waals surface area (Å²) in [7, 11) is 0. The van der Waals surface area contributed by atoms with Crippen molar-refractivity contribution in [3.63, 3.8) is 0 Å². The average molecular weight is 263 g/mol. The topological polar surface area (TPSA) is 67.2 Å². The van der Waals surface area contributed by atoms with Gasteiger partial charge in [0.2, 0.25) is 0 Å². The summed E-state index contributed by atoms with van der Waals surface area (Å²) in [6.07, 6.45) is 4.43. The minimum atomic E-state index is -1.26. The van der Waals surface area contributed by atoms with Crippen LogP contribution in [0.5, 0.6) is 0 Å². The fraction of sp³-hybridized carbons (Fsp3) is 0.231. The highest BCUT2D eigenvalue weighted by Gasteiger charge is 2.09. The quantitative estimate of drug-likeness (QED) is 0.784. The van der Waals surface area contributed by atoms with E-state index in [4.69, 9.17) is 5.11 Å². The van der Waals surface area contributed by atoms with E-state index in [-0.39, 0.29) is 5.56 Å². The van der Waals surface area contributed by atoms with Crippen molar-refractivity contribution in [3.8, 4) is 0 Å². The lowest BCUT2D eigenvalue weighted by molar-refractivity contribution is 0.0692. The number of aryl methyl sites for hydroxylation is 1. The number of halogens is 1. The van der Waals surface area contributed by atoms with Crippen molar-refractivity contribution in [1.29, 1.82) is 0 Å². The van der Waals surface area contributed by atoms with E-state index in [0.29, 0.717) is 12.2 Å². The van der Waals surface area contributed by atoms with Gasteiger partial charge >= 0.3 is 5.97 Å². The summed E-state index contributed by atoms with van der Waals surface area (Å²) in [6, 6.07) is 5.86. The number of rotatable bonds is 6. The lowest BCUT2D eigenvalue weighted by atomic mass is 10.2. The highest BCUT2D eigenvalue weighted by atomic mass is 19.1. The van der Waals surface area contributed by atoms with E-state index in [0.717, 1.165) is 13.0 Å². The standard InChI is InChI=1S/C13H14FN3O2/c14-12-9-10(3-4-11(12)13(18)19)15-5-1-7-17-8-2-6-16-17/h2-4,6,8-9,15H,1,5,7H2,(H,18,19). The van der Waals surface area contributed by atoms with E-state index in [9.17, 15) is 9.18 Å². The molecule has 2 aromatic rings. The first-order valence-electron chi connectivity index (χ1n) is 5.91. The molecule has 0 aliphatic rings. The second-order valence-electron chi connectivity index (χ2n) is 4.05. The van der Waals surface area contributed by atoms with Gasteiger partial charge in [0.25, 0.3) is 0 Å². The molecule has 0 unspecified atom stereocenters. The van der Waals surface area contributed by atoms with Gasteiger partial charge in [0, 0.05) is 31.2 Å². The molecule has 100 valence electrons. The Morgan fingerprint density at radius 2 is 2.32 bits per heavy atom. The first-order chi connectivity index (χ1) is 9.16. The van der Waals surface area contributed by atoms with Gasteiger partial charge in [0.05, 0.1) is 5.56 Å². The molecule has 0 spiro atoms. The van der Waals surface area contributed by atoms with Crippen LogP contribution in [0.2, 0.25) is 0 Å². The summed E-state index contributed by atoms with van der Waals surface area (Å²) in [4.78, 5) is 10.7. The summed E-state index contributed by atoms with van der Waals surface area (Å²) in [5, 5.41) is 15.8. The van der Waals surface area contributed by atoms with Crippen LogP contribution in [0.15, 0.2) is 36.7 Å². The number of benzene rings is 1. The lowest BCUT2D eigenvalue weighted by Gasteiger charge is -2.07. The molecule has 0 bridgehead atoms. The summed E-state index contributed by atoms with van der Waals surface area (Å²) in [5.41, 5.74) is 0.255. The van der Waals surface area contributed by atoms with Crippen LogP contribution in [-0.2, 0) is 6.54 Å². The summed E-state index contributed by atoms with van der Waals surface area (Å²) < 4.78 is 15.2. The molecule has 0 atom stereocenters. The molecule has 2 N–H and O–H groups in total. The third-order valence-corrected chi connectivity index (χ3v) is 2.65. The lowest BCUT2D eigenvalue weighted by Crippen LogP contribution is -2.08. The van der Waals surface area contributed by atoms with E-state index in [1.54, 1.807) is 12.3 Å². The van der Waals surface area contributed by atoms with E-state index in [1.807, 2.05) is 16.9 Å². The number of carbonyl (C=O) groups is 1. The maximum atomic E-state index is 13.4. The van der Waals surface area contributed by atoms with E-state index in [1.165, 1.54) is 12.1 Å². The second kappa shape index (κ2) is 5.99. The minimum absolute atomic E-state index is 0.318. The number of anilines is 1. The molecule has 19 heavy (non-hydrogen) atoms. The highest BCUT2D eigenvalue weighted by Crippen LogP contribution is 2.14. The average Bonchev–Trinajstić information content (AvgIpc) is 2.87. The maximum absolute atomic E-state index is 13.4. The Hall–Kier alpha value is -2.37. The third kappa shape index (κ3) is 3.54. The zero-order valence-corrected chi connectivity index (χ0v) is 10.2. The van der Waals surface area contributed by atoms with Gasteiger partial charge in [0.1, 0.15) is 5.82 Å². The normalized spacial score (nSPS) is 10.4. The largest absolute Gasteiger partial charge is 0.478 e. The Morgan fingerprint density at radius 1 is 1.47 bits per heavy atom. The fourth-order valence-corrected chi connectivity index (χ4v) is 1.71. The van der Waals surface area contributed by atoms with Gasteiger partial charge in [-0.1, -0.05) is 0 Å². The van der Waals surface area contributed by atoms with Crippen molar-refractivity contribution < 1.29 is 14.3 Å². The van der Waals surface area contributed by atoms with E-state index >= 15 is 0 Å². The third-order valence-electron chi connectivity index (χ3n) is 2.65. The zero-order valence-electron chi connectivity index (χ0n) is 10.2. The summed E-state index contributed by atoms with van der Waals surface area (Å²) in [6.45, 7) is 1.43. The van der Waals surface area contributed by atoms with Crippen LogP contribution in [0.3, 0.4) is 0 Å². The monoisotopic (exact) mass is 263 g/mol. The SMILES string of the molecule is O=C(O)c1ccc(NCCCn2cccn2)cc1F. The predicted molar refractivity (Wildman–Crippen MR) is 68.7 cm³/mol. The Bertz CT molecular complexity index is 555. The smallest absolute Gasteiger partial charge is 0.338 e. The van der Waals surface area contributed by atoms with Crippen molar-refractivity contribution in [2.45, 2.75) is 13.0 Å². The van der Waals surface area contributed by atoms with E-state index < -0.39 is 11.8 Å². The van der Waals surface area contributed by atoms with Crippen LogP contribution >= 0.6 is 0 Å². The van der Waals surface area contributed by atoms with Crippen LogP contribution in [0, 0.1) is 5.82 Å². The molecule has 0 aliphatic heterocycles. The van der Waals surface area contributed by atoms with E-state index in [2.05, 4.69) is 10.4 Å². The first kappa shape index (κ1) is 13.1. The molecule has 1 heterocycles. The molecular weight excluding hydrogens is 249 g/mol. The molecule has 2 rings (SSSR count). The van der Waals surface area contributed by atoms with Gasteiger partial charge in [-0.05, 0) is 30.7 Å². The molecule has 5 nitrogen and oxygen atoms in total. The molecule has 0 amide bonds. The number of aromatic nitrogens is 2. The summed E-state index contributed by atoms with van der Waals surface area (Å²) >= 11 is 0. The number of nitrogens with zero attached hydrogens (tertiary/aromatic N) is 2. The van der Waals surface area contributed by atoms with Crippen LogP contribution in [-0.4, -0.2) is 27.4 Å². The number of carboxylic acids is 1. The van der Waals surface area contributed by atoms with Crippen molar-refractivity contribution in [2.75, 3.05) is 11.9 Å².